The van der Waals surface area contributed by atoms with Crippen LogP contribution in [0.25, 0.3) is 10.1 Å². The Balaban J connectivity index is 2.36. The highest BCUT2D eigenvalue weighted by atomic mass is 79.9. The van der Waals surface area contributed by atoms with Gasteiger partial charge in [0.1, 0.15) is 4.88 Å². The van der Waals surface area contributed by atoms with E-state index in [1.807, 2.05) is 24.3 Å². The molecule has 2 N–H and O–H groups in total. The fourth-order valence-electron chi connectivity index (χ4n) is 1.77. The van der Waals surface area contributed by atoms with Crippen LogP contribution in [0.15, 0.2) is 35.3 Å². The first-order valence-corrected chi connectivity index (χ1v) is 6.98. The van der Waals surface area contributed by atoms with Gasteiger partial charge in [0.15, 0.2) is 0 Å². The Labute approximate surface area is 117 Å². The predicted molar refractivity (Wildman–Crippen MR) is 78.6 cm³/mol. The summed E-state index contributed by atoms with van der Waals surface area (Å²) in [5, 5.41) is 13.4. The maximum Gasteiger partial charge on any atom is 0.346 e. The molecule has 0 fully saturated rings. The SMILES string of the molecule is C=C(Br)CNCc1c(C(=O)O)sc2ccccc12. The average molecular weight is 326 g/mol. The quantitative estimate of drug-likeness (QED) is 0.883. The van der Waals surface area contributed by atoms with E-state index in [0.717, 1.165) is 20.1 Å². The number of aromatic carboxylic acids is 1. The van der Waals surface area contributed by atoms with E-state index < -0.39 is 5.97 Å². The van der Waals surface area contributed by atoms with Crippen LogP contribution >= 0.6 is 27.3 Å². The first kappa shape index (κ1) is 13.3. The van der Waals surface area contributed by atoms with E-state index in [9.17, 15) is 9.90 Å². The van der Waals surface area contributed by atoms with Crippen molar-refractivity contribution in [2.45, 2.75) is 6.54 Å². The van der Waals surface area contributed by atoms with Gasteiger partial charge in [-0.2, -0.15) is 0 Å². The fourth-order valence-corrected chi connectivity index (χ4v) is 3.03. The molecule has 94 valence electrons. The third-order valence-corrected chi connectivity index (χ3v) is 3.99. The summed E-state index contributed by atoms with van der Waals surface area (Å²) in [5.74, 6) is -0.870. The number of carbonyl (C=O) groups is 1. The van der Waals surface area contributed by atoms with Crippen LogP contribution in [0.2, 0.25) is 0 Å². The van der Waals surface area contributed by atoms with E-state index in [2.05, 4.69) is 27.8 Å². The van der Waals surface area contributed by atoms with Crippen LogP contribution in [0.5, 0.6) is 0 Å². The normalized spacial score (nSPS) is 10.7. The number of benzene rings is 1. The highest BCUT2D eigenvalue weighted by Gasteiger charge is 2.16. The van der Waals surface area contributed by atoms with Gasteiger partial charge >= 0.3 is 5.97 Å². The number of fused-ring (bicyclic) bond motifs is 1. The molecule has 3 nitrogen and oxygen atoms in total. The van der Waals surface area contributed by atoms with Gasteiger partial charge in [-0.05, 0) is 17.0 Å². The second-order valence-electron chi connectivity index (χ2n) is 3.83. The zero-order chi connectivity index (χ0) is 13.1. The summed E-state index contributed by atoms with van der Waals surface area (Å²) in [4.78, 5) is 11.7. The van der Waals surface area contributed by atoms with E-state index in [0.29, 0.717) is 18.0 Å². The van der Waals surface area contributed by atoms with Crippen LogP contribution in [0, 0.1) is 0 Å². The first-order chi connectivity index (χ1) is 8.59. The van der Waals surface area contributed by atoms with E-state index in [1.165, 1.54) is 11.3 Å². The smallest absolute Gasteiger partial charge is 0.346 e. The molecule has 2 rings (SSSR count). The Bertz CT molecular complexity index is 606. The number of carboxylic acids is 1. The Morgan fingerprint density at radius 1 is 1.44 bits per heavy atom. The molecule has 1 heterocycles. The standard InChI is InChI=1S/C13H12BrNO2S/c1-8(14)6-15-7-10-9-4-2-3-5-11(9)18-12(10)13(16)17/h2-5,15H,1,6-7H2,(H,16,17). The van der Waals surface area contributed by atoms with Crippen molar-refractivity contribution in [3.8, 4) is 0 Å². The van der Waals surface area contributed by atoms with Crippen LogP contribution in [0.4, 0.5) is 0 Å². The highest BCUT2D eigenvalue weighted by Crippen LogP contribution is 2.31. The van der Waals surface area contributed by atoms with Crippen molar-refractivity contribution in [1.29, 1.82) is 0 Å². The lowest BCUT2D eigenvalue weighted by atomic mass is 10.1. The van der Waals surface area contributed by atoms with E-state index in [4.69, 9.17) is 0 Å². The van der Waals surface area contributed by atoms with Crippen molar-refractivity contribution in [2.75, 3.05) is 6.54 Å². The van der Waals surface area contributed by atoms with E-state index in [-0.39, 0.29) is 0 Å². The number of carboxylic acid groups (broad SMARTS) is 1. The topological polar surface area (TPSA) is 49.3 Å². The van der Waals surface area contributed by atoms with Crippen LogP contribution < -0.4 is 5.32 Å². The largest absolute Gasteiger partial charge is 0.477 e. The molecule has 0 bridgehead atoms. The second kappa shape index (κ2) is 5.65. The molecule has 0 aliphatic carbocycles. The van der Waals surface area contributed by atoms with Crippen molar-refractivity contribution in [3.63, 3.8) is 0 Å². The summed E-state index contributed by atoms with van der Waals surface area (Å²) in [6.45, 7) is 4.87. The summed E-state index contributed by atoms with van der Waals surface area (Å²) in [6.07, 6.45) is 0. The molecule has 0 aliphatic rings. The van der Waals surface area contributed by atoms with Gasteiger partial charge < -0.3 is 10.4 Å². The molecule has 5 heteroatoms. The molecule has 0 saturated carbocycles. The number of nitrogens with one attached hydrogen (secondary N) is 1. The second-order valence-corrected chi connectivity index (χ2v) is 6.01. The maximum atomic E-state index is 11.2. The molecule has 0 spiro atoms. The first-order valence-electron chi connectivity index (χ1n) is 5.37. The minimum atomic E-state index is -0.870. The number of thiophene rings is 1. The Kier molecular flexibility index (Phi) is 4.16. The lowest BCUT2D eigenvalue weighted by Crippen LogP contribution is -2.15. The Morgan fingerprint density at radius 2 is 2.17 bits per heavy atom. The summed E-state index contributed by atoms with van der Waals surface area (Å²) in [5.41, 5.74) is 0.844. The van der Waals surface area contributed by atoms with E-state index >= 15 is 0 Å². The van der Waals surface area contributed by atoms with Crippen molar-refractivity contribution in [3.05, 3.63) is 45.8 Å². The minimum absolute atomic E-state index is 0.406. The van der Waals surface area contributed by atoms with Crippen LogP contribution in [0.3, 0.4) is 0 Å². The van der Waals surface area contributed by atoms with Gasteiger partial charge in [-0.1, -0.05) is 40.7 Å². The summed E-state index contributed by atoms with van der Waals surface area (Å²) in [7, 11) is 0. The Morgan fingerprint density at radius 3 is 2.83 bits per heavy atom. The van der Waals surface area contributed by atoms with Gasteiger partial charge in [0, 0.05) is 22.3 Å². The van der Waals surface area contributed by atoms with Crippen LogP contribution in [-0.2, 0) is 6.54 Å². The molecule has 1 aromatic heterocycles. The highest BCUT2D eigenvalue weighted by molar-refractivity contribution is 9.11. The molecule has 1 aromatic carbocycles. The van der Waals surface area contributed by atoms with Gasteiger partial charge in [-0.25, -0.2) is 4.79 Å². The minimum Gasteiger partial charge on any atom is -0.477 e. The van der Waals surface area contributed by atoms with E-state index in [1.54, 1.807) is 0 Å². The van der Waals surface area contributed by atoms with Gasteiger partial charge in [-0.3, -0.25) is 0 Å². The average Bonchev–Trinajstić information content (AvgIpc) is 2.68. The van der Waals surface area contributed by atoms with Crippen molar-refractivity contribution in [2.24, 2.45) is 0 Å². The summed E-state index contributed by atoms with van der Waals surface area (Å²) in [6, 6.07) is 7.74. The fraction of sp³-hybridized carbons (Fsp3) is 0.154. The molecule has 0 radical (unpaired) electrons. The predicted octanol–water partition coefficient (Wildman–Crippen LogP) is 3.60. The molecule has 0 saturated heterocycles. The molecular weight excluding hydrogens is 314 g/mol. The molecule has 2 aromatic rings. The molecule has 0 atom stereocenters. The zero-order valence-electron chi connectivity index (χ0n) is 9.57. The number of rotatable bonds is 5. The van der Waals surface area contributed by atoms with Gasteiger partial charge in [0.2, 0.25) is 0 Å². The Hall–Kier alpha value is -1.17. The lowest BCUT2D eigenvalue weighted by molar-refractivity contribution is 0.0701. The van der Waals surface area contributed by atoms with Crippen molar-refractivity contribution in [1.82, 2.24) is 5.32 Å². The number of hydrogen-bond acceptors (Lipinski definition) is 3. The van der Waals surface area contributed by atoms with Gasteiger partial charge in [0.25, 0.3) is 0 Å². The summed E-state index contributed by atoms with van der Waals surface area (Å²) < 4.78 is 1.85. The third kappa shape index (κ3) is 2.80. The molecular formula is C13H12BrNO2S. The zero-order valence-corrected chi connectivity index (χ0v) is 12.0. The van der Waals surface area contributed by atoms with Gasteiger partial charge in [-0.15, -0.1) is 11.3 Å². The lowest BCUT2D eigenvalue weighted by Gasteiger charge is -2.04. The van der Waals surface area contributed by atoms with Gasteiger partial charge in [0.05, 0.1) is 0 Å². The number of halogens is 1. The van der Waals surface area contributed by atoms with Crippen molar-refractivity contribution >= 4 is 43.3 Å². The van der Waals surface area contributed by atoms with Crippen LogP contribution in [-0.4, -0.2) is 17.6 Å². The number of hydrogen-bond donors (Lipinski definition) is 2. The molecule has 18 heavy (non-hydrogen) atoms. The maximum absolute atomic E-state index is 11.2. The molecule has 0 aliphatic heterocycles. The van der Waals surface area contributed by atoms with Crippen molar-refractivity contribution < 1.29 is 9.90 Å². The summed E-state index contributed by atoms with van der Waals surface area (Å²) >= 11 is 4.58. The van der Waals surface area contributed by atoms with Crippen LogP contribution in [0.1, 0.15) is 15.2 Å². The monoisotopic (exact) mass is 325 g/mol. The molecule has 0 amide bonds. The molecule has 0 unspecified atom stereocenters. The third-order valence-electron chi connectivity index (χ3n) is 2.51.